The van der Waals surface area contributed by atoms with Crippen molar-refractivity contribution in [1.82, 2.24) is 10.5 Å². The van der Waals surface area contributed by atoms with Crippen molar-refractivity contribution < 1.29 is 18.8 Å². The Kier molecular flexibility index (Phi) is 6.08. The number of nitrogens with zero attached hydrogens (tertiary/aromatic N) is 1. The first-order valence-corrected chi connectivity index (χ1v) is 10.1. The molecular formula is C25H22N2O4. The maximum atomic E-state index is 12.5. The third-order valence-corrected chi connectivity index (χ3v) is 5.06. The minimum atomic E-state index is -0.576. The van der Waals surface area contributed by atoms with Gasteiger partial charge in [0.05, 0.1) is 10.9 Å². The Morgan fingerprint density at radius 2 is 1.71 bits per heavy atom. The summed E-state index contributed by atoms with van der Waals surface area (Å²) in [5.74, 6) is -0.174. The van der Waals surface area contributed by atoms with E-state index in [4.69, 9.17) is 9.26 Å². The second-order valence-corrected chi connectivity index (χ2v) is 7.30. The largest absolute Gasteiger partial charge is 0.452 e. The fraction of sp³-hybridized carbons (Fsp3) is 0.160. The van der Waals surface area contributed by atoms with Crippen molar-refractivity contribution in [2.75, 3.05) is 13.2 Å². The molecule has 1 atom stereocenters. The number of amides is 1. The van der Waals surface area contributed by atoms with Gasteiger partial charge < -0.3 is 14.6 Å². The number of ether oxygens (including phenoxy) is 1. The van der Waals surface area contributed by atoms with E-state index < -0.39 is 5.97 Å². The summed E-state index contributed by atoms with van der Waals surface area (Å²) in [6.07, 6.45) is 0. The molecule has 0 radical (unpaired) electrons. The Balaban J connectivity index is 1.37. The first-order valence-electron chi connectivity index (χ1n) is 10.1. The van der Waals surface area contributed by atoms with E-state index >= 15 is 0 Å². The first-order chi connectivity index (χ1) is 15.1. The van der Waals surface area contributed by atoms with E-state index in [9.17, 15) is 9.59 Å². The number of fused-ring (bicyclic) bond motifs is 1. The maximum absolute atomic E-state index is 12.5. The van der Waals surface area contributed by atoms with Crippen LogP contribution in [-0.2, 0) is 9.53 Å². The van der Waals surface area contributed by atoms with E-state index in [2.05, 4.69) is 10.5 Å². The van der Waals surface area contributed by atoms with Crippen molar-refractivity contribution in [2.24, 2.45) is 0 Å². The van der Waals surface area contributed by atoms with Gasteiger partial charge in [-0.3, -0.25) is 4.79 Å². The Labute approximate surface area is 179 Å². The predicted molar refractivity (Wildman–Crippen MR) is 118 cm³/mol. The number of nitrogens with one attached hydrogen (secondary N) is 1. The normalized spacial score (nSPS) is 11.8. The summed E-state index contributed by atoms with van der Waals surface area (Å²) in [7, 11) is 0. The smallest absolute Gasteiger partial charge is 0.338 e. The van der Waals surface area contributed by atoms with Gasteiger partial charge in [-0.1, -0.05) is 72.7 Å². The molecular weight excluding hydrogens is 392 g/mol. The fourth-order valence-electron chi connectivity index (χ4n) is 3.30. The van der Waals surface area contributed by atoms with E-state index in [1.165, 1.54) is 0 Å². The summed E-state index contributed by atoms with van der Waals surface area (Å²) >= 11 is 0. The number of carbonyl (C=O) groups excluding carboxylic acids is 2. The molecule has 6 heteroatoms. The summed E-state index contributed by atoms with van der Waals surface area (Å²) in [4.78, 5) is 24.6. The standard InChI is InChI=1S/C25H22N2O4/c1-17(18-8-4-2-5-9-18)15-26-23(28)16-30-25(29)20-12-13-22-21(14-20)24(31-27-22)19-10-6-3-7-11-19/h2-14,17H,15-16H2,1H3,(H,26,28)/t17-/m1/s1. The quantitative estimate of drug-likeness (QED) is 0.448. The molecule has 156 valence electrons. The van der Waals surface area contributed by atoms with Gasteiger partial charge in [-0.25, -0.2) is 4.79 Å². The molecule has 6 nitrogen and oxygen atoms in total. The maximum Gasteiger partial charge on any atom is 0.338 e. The van der Waals surface area contributed by atoms with Crippen molar-refractivity contribution in [3.8, 4) is 11.3 Å². The summed E-state index contributed by atoms with van der Waals surface area (Å²) in [5.41, 5.74) is 2.97. The zero-order valence-electron chi connectivity index (χ0n) is 17.1. The van der Waals surface area contributed by atoms with Crippen LogP contribution in [0.5, 0.6) is 0 Å². The zero-order valence-corrected chi connectivity index (χ0v) is 17.1. The molecule has 4 rings (SSSR count). The summed E-state index contributed by atoms with van der Waals surface area (Å²) in [5, 5.41) is 7.56. The SMILES string of the molecule is C[C@H](CNC(=O)COC(=O)c1ccc2noc(-c3ccccc3)c2c1)c1ccccc1. The van der Waals surface area contributed by atoms with Crippen LogP contribution >= 0.6 is 0 Å². The molecule has 0 fully saturated rings. The summed E-state index contributed by atoms with van der Waals surface area (Å²) < 4.78 is 10.7. The Morgan fingerprint density at radius 3 is 2.45 bits per heavy atom. The monoisotopic (exact) mass is 414 g/mol. The highest BCUT2D eigenvalue weighted by Gasteiger charge is 2.16. The van der Waals surface area contributed by atoms with E-state index in [0.717, 1.165) is 11.1 Å². The van der Waals surface area contributed by atoms with Gasteiger partial charge in [0.2, 0.25) is 0 Å². The molecule has 0 bridgehead atoms. The summed E-state index contributed by atoms with van der Waals surface area (Å²) in [6.45, 7) is 2.15. The molecule has 4 aromatic rings. The van der Waals surface area contributed by atoms with Crippen LogP contribution in [0, 0.1) is 0 Å². The van der Waals surface area contributed by atoms with E-state index in [1.807, 2.05) is 67.6 Å². The van der Waals surface area contributed by atoms with Crippen LogP contribution in [0.1, 0.15) is 28.8 Å². The van der Waals surface area contributed by atoms with Crippen LogP contribution in [0.25, 0.3) is 22.2 Å². The van der Waals surface area contributed by atoms with Crippen molar-refractivity contribution in [1.29, 1.82) is 0 Å². The molecule has 0 unspecified atom stereocenters. The van der Waals surface area contributed by atoms with Gasteiger partial charge in [-0.2, -0.15) is 0 Å². The lowest BCUT2D eigenvalue weighted by Crippen LogP contribution is -2.31. The Morgan fingerprint density at radius 1 is 1.00 bits per heavy atom. The molecule has 1 aromatic heterocycles. The Bertz CT molecular complexity index is 1190. The van der Waals surface area contributed by atoms with Crippen LogP contribution in [0.3, 0.4) is 0 Å². The third-order valence-electron chi connectivity index (χ3n) is 5.06. The molecule has 1 amide bonds. The topological polar surface area (TPSA) is 81.4 Å². The van der Waals surface area contributed by atoms with Gasteiger partial charge >= 0.3 is 5.97 Å². The molecule has 0 aliphatic carbocycles. The van der Waals surface area contributed by atoms with E-state index in [1.54, 1.807) is 18.2 Å². The van der Waals surface area contributed by atoms with Gasteiger partial charge in [-0.15, -0.1) is 0 Å². The van der Waals surface area contributed by atoms with Crippen molar-refractivity contribution in [2.45, 2.75) is 12.8 Å². The zero-order chi connectivity index (χ0) is 21.6. The van der Waals surface area contributed by atoms with Crippen LogP contribution in [-0.4, -0.2) is 30.2 Å². The number of esters is 1. The third kappa shape index (κ3) is 4.80. The lowest BCUT2D eigenvalue weighted by Gasteiger charge is -2.13. The molecule has 31 heavy (non-hydrogen) atoms. The number of rotatable bonds is 7. The molecule has 0 spiro atoms. The van der Waals surface area contributed by atoms with Crippen LogP contribution in [0.4, 0.5) is 0 Å². The average molecular weight is 414 g/mol. The highest BCUT2D eigenvalue weighted by molar-refractivity contribution is 5.99. The number of carbonyl (C=O) groups is 2. The predicted octanol–water partition coefficient (Wildman–Crippen LogP) is 4.57. The minimum absolute atomic E-state index is 0.160. The molecule has 0 aliphatic heterocycles. The van der Waals surface area contributed by atoms with Gasteiger partial charge in [-0.05, 0) is 29.7 Å². The van der Waals surface area contributed by atoms with Crippen LogP contribution in [0.2, 0.25) is 0 Å². The highest BCUT2D eigenvalue weighted by atomic mass is 16.5. The minimum Gasteiger partial charge on any atom is -0.452 e. The first kappa shape index (κ1) is 20.3. The second kappa shape index (κ2) is 9.26. The molecule has 1 N–H and O–H groups in total. The number of hydrogen-bond donors (Lipinski definition) is 1. The molecule has 3 aromatic carbocycles. The summed E-state index contributed by atoms with van der Waals surface area (Å²) in [6, 6.07) is 24.4. The van der Waals surface area contributed by atoms with Crippen molar-refractivity contribution in [3.63, 3.8) is 0 Å². The molecule has 0 saturated heterocycles. The van der Waals surface area contributed by atoms with Crippen molar-refractivity contribution >= 4 is 22.8 Å². The van der Waals surface area contributed by atoms with Gasteiger partial charge in [0, 0.05) is 12.1 Å². The van der Waals surface area contributed by atoms with Gasteiger partial charge in [0.25, 0.3) is 5.91 Å². The number of benzene rings is 3. The fourth-order valence-corrected chi connectivity index (χ4v) is 3.30. The highest BCUT2D eigenvalue weighted by Crippen LogP contribution is 2.29. The lowest BCUT2D eigenvalue weighted by atomic mass is 10.0. The Hall–Kier alpha value is -3.93. The van der Waals surface area contributed by atoms with Gasteiger partial charge in [0.15, 0.2) is 12.4 Å². The molecule has 1 heterocycles. The van der Waals surface area contributed by atoms with E-state index in [-0.39, 0.29) is 18.4 Å². The average Bonchev–Trinajstić information content (AvgIpc) is 3.25. The van der Waals surface area contributed by atoms with Crippen LogP contribution in [0.15, 0.2) is 83.4 Å². The van der Waals surface area contributed by atoms with Crippen LogP contribution < -0.4 is 5.32 Å². The van der Waals surface area contributed by atoms with Gasteiger partial charge in [0.1, 0.15) is 5.52 Å². The number of hydrogen-bond acceptors (Lipinski definition) is 5. The number of aromatic nitrogens is 1. The molecule has 0 aliphatic rings. The second-order valence-electron chi connectivity index (χ2n) is 7.30. The van der Waals surface area contributed by atoms with Crippen molar-refractivity contribution in [3.05, 3.63) is 90.0 Å². The van der Waals surface area contributed by atoms with E-state index in [0.29, 0.717) is 28.8 Å². The molecule has 0 saturated carbocycles. The lowest BCUT2D eigenvalue weighted by molar-refractivity contribution is -0.124.